The Morgan fingerprint density at radius 1 is 0.707 bits per heavy atom. The average Bonchev–Trinajstić information content (AvgIpc) is 3.39. The summed E-state index contributed by atoms with van der Waals surface area (Å²) in [5.41, 5.74) is 3.50. The summed E-state index contributed by atoms with van der Waals surface area (Å²) in [5.74, 6) is 6.08. The van der Waals surface area contributed by atoms with Gasteiger partial charge >= 0.3 is 0 Å². The van der Waals surface area contributed by atoms with Gasteiger partial charge in [-0.05, 0) is 123 Å². The van der Waals surface area contributed by atoms with Crippen LogP contribution in [0.5, 0.6) is 0 Å². The first-order valence-corrected chi connectivity index (χ1v) is 16.5. The monoisotopic (exact) mass is 552 g/mol. The predicted molar refractivity (Wildman–Crippen MR) is 166 cm³/mol. The first kappa shape index (κ1) is 27.1. The maximum absolute atomic E-state index is 5.45. The lowest BCUT2D eigenvalue weighted by molar-refractivity contribution is 0.117. The van der Waals surface area contributed by atoms with Crippen LogP contribution in [0.15, 0.2) is 30.3 Å². The molecule has 6 fully saturated rings. The van der Waals surface area contributed by atoms with Gasteiger partial charge in [0.2, 0.25) is 0 Å². The molecular formula is C35H48N6. The molecule has 6 aliphatic rings. The summed E-state index contributed by atoms with van der Waals surface area (Å²) in [6, 6.07) is 11.8. The Kier molecular flexibility index (Phi) is 6.74. The van der Waals surface area contributed by atoms with E-state index in [2.05, 4.69) is 70.0 Å². The van der Waals surface area contributed by atoms with E-state index in [0.717, 1.165) is 51.9 Å². The third-order valence-electron chi connectivity index (χ3n) is 11.4. The molecule has 0 spiro atoms. The molecule has 6 saturated carbocycles. The van der Waals surface area contributed by atoms with Crippen LogP contribution in [0.3, 0.4) is 0 Å². The summed E-state index contributed by atoms with van der Waals surface area (Å²) in [4.78, 5) is 18.6. The molecule has 0 atom stereocenters. The van der Waals surface area contributed by atoms with Gasteiger partial charge < -0.3 is 4.90 Å². The van der Waals surface area contributed by atoms with Gasteiger partial charge in [-0.15, -0.1) is 0 Å². The van der Waals surface area contributed by atoms with Gasteiger partial charge in [-0.1, -0.05) is 18.2 Å². The van der Waals surface area contributed by atoms with Crippen LogP contribution in [0.4, 0.5) is 5.82 Å². The minimum absolute atomic E-state index is 0.147. The van der Waals surface area contributed by atoms with E-state index in [0.29, 0.717) is 12.1 Å². The lowest BCUT2D eigenvalue weighted by Gasteiger charge is -2.47. The zero-order chi connectivity index (χ0) is 28.4. The second-order valence-electron chi connectivity index (χ2n) is 14.5. The van der Waals surface area contributed by atoms with Crippen molar-refractivity contribution < 1.29 is 0 Å². The van der Waals surface area contributed by atoms with Crippen molar-refractivity contribution in [2.24, 2.45) is 18.9 Å². The first-order valence-electron chi connectivity index (χ1n) is 16.5. The van der Waals surface area contributed by atoms with Gasteiger partial charge in [-0.2, -0.15) is 5.10 Å². The van der Waals surface area contributed by atoms with Gasteiger partial charge in [0.1, 0.15) is 17.5 Å². The number of benzene rings is 1. The van der Waals surface area contributed by atoms with E-state index in [4.69, 9.17) is 20.1 Å². The number of hydrogen-bond donors (Lipinski definition) is 0. The molecule has 0 amide bonds. The highest BCUT2D eigenvalue weighted by molar-refractivity contribution is 5.70. The third-order valence-corrected chi connectivity index (χ3v) is 11.4. The van der Waals surface area contributed by atoms with E-state index >= 15 is 0 Å². The summed E-state index contributed by atoms with van der Waals surface area (Å²) < 4.78 is 2.03. The zero-order valence-corrected chi connectivity index (χ0v) is 25.9. The Morgan fingerprint density at radius 2 is 1.20 bits per heavy atom. The topological polar surface area (TPSA) is 59.7 Å². The van der Waals surface area contributed by atoms with Gasteiger partial charge in [0.15, 0.2) is 5.82 Å². The van der Waals surface area contributed by atoms with Crippen LogP contribution in [0.1, 0.15) is 116 Å². The van der Waals surface area contributed by atoms with Gasteiger partial charge in [-0.3, -0.25) is 4.68 Å². The van der Waals surface area contributed by atoms with Crippen LogP contribution in [-0.2, 0) is 17.9 Å². The molecule has 9 rings (SSSR count). The SMILES string of the molecule is CC(C)N(c1cc(-c2cccc(-c3nc(C45CCC(CC4)CC5)nc(C45CCC(CC4)CC5)n3)c2)nn1C)C(C)C. The molecule has 41 heavy (non-hydrogen) atoms. The molecule has 4 bridgehead atoms. The number of nitrogens with zero attached hydrogens (tertiary/aromatic N) is 6. The highest BCUT2D eigenvalue weighted by atomic mass is 15.4. The van der Waals surface area contributed by atoms with Crippen molar-refractivity contribution in [1.29, 1.82) is 0 Å². The Morgan fingerprint density at radius 3 is 1.68 bits per heavy atom. The molecule has 0 saturated heterocycles. The molecule has 6 aliphatic carbocycles. The van der Waals surface area contributed by atoms with Crippen LogP contribution in [-0.4, -0.2) is 36.8 Å². The van der Waals surface area contributed by atoms with E-state index in [9.17, 15) is 0 Å². The van der Waals surface area contributed by atoms with Crippen molar-refractivity contribution in [3.63, 3.8) is 0 Å². The average molecular weight is 553 g/mol. The van der Waals surface area contributed by atoms with Crippen molar-refractivity contribution in [2.45, 2.75) is 128 Å². The molecule has 6 heteroatoms. The molecule has 0 aliphatic heterocycles. The minimum Gasteiger partial charge on any atom is -0.352 e. The predicted octanol–water partition coefficient (Wildman–Crippen LogP) is 8.01. The fourth-order valence-corrected chi connectivity index (χ4v) is 8.93. The van der Waals surface area contributed by atoms with E-state index in [1.54, 1.807) is 0 Å². The highest BCUT2D eigenvalue weighted by Gasteiger charge is 2.47. The van der Waals surface area contributed by atoms with Crippen LogP contribution >= 0.6 is 0 Å². The van der Waals surface area contributed by atoms with Gasteiger partial charge in [0.25, 0.3) is 0 Å². The second-order valence-corrected chi connectivity index (χ2v) is 14.5. The fourth-order valence-electron chi connectivity index (χ4n) is 8.93. The number of aromatic nitrogens is 5. The van der Waals surface area contributed by atoms with Crippen molar-refractivity contribution >= 4 is 5.82 Å². The largest absolute Gasteiger partial charge is 0.352 e. The Balaban J connectivity index is 1.30. The first-order chi connectivity index (χ1) is 19.8. The second kappa shape index (κ2) is 10.2. The lowest BCUT2D eigenvalue weighted by atomic mass is 9.59. The van der Waals surface area contributed by atoms with E-state index in [1.165, 1.54) is 77.0 Å². The smallest absolute Gasteiger partial charge is 0.163 e. The van der Waals surface area contributed by atoms with Gasteiger partial charge in [0, 0.05) is 47.2 Å². The van der Waals surface area contributed by atoms with E-state index < -0.39 is 0 Å². The summed E-state index contributed by atoms with van der Waals surface area (Å²) in [6.45, 7) is 9.00. The summed E-state index contributed by atoms with van der Waals surface area (Å²) in [6.07, 6.45) is 15.5. The van der Waals surface area contributed by atoms with Crippen LogP contribution in [0.2, 0.25) is 0 Å². The van der Waals surface area contributed by atoms with Crippen LogP contribution in [0.25, 0.3) is 22.6 Å². The van der Waals surface area contributed by atoms with Crippen molar-refractivity contribution in [3.05, 3.63) is 42.0 Å². The summed E-state index contributed by atoms with van der Waals surface area (Å²) in [7, 11) is 2.06. The van der Waals surface area contributed by atoms with Crippen LogP contribution in [0, 0.1) is 11.8 Å². The molecule has 6 nitrogen and oxygen atoms in total. The number of fused-ring (bicyclic) bond motifs is 6. The number of hydrogen-bond acceptors (Lipinski definition) is 5. The lowest BCUT2D eigenvalue weighted by Crippen LogP contribution is -2.42. The molecule has 1 aromatic carbocycles. The van der Waals surface area contributed by atoms with Crippen molar-refractivity contribution in [2.75, 3.05) is 4.90 Å². The quantitative estimate of drug-likeness (QED) is 0.297. The van der Waals surface area contributed by atoms with Crippen LogP contribution < -0.4 is 4.90 Å². The van der Waals surface area contributed by atoms with Crippen molar-refractivity contribution in [3.8, 4) is 22.6 Å². The molecule has 2 aromatic heterocycles. The fraction of sp³-hybridized carbons (Fsp3) is 0.657. The molecule has 2 heterocycles. The molecular weight excluding hydrogens is 504 g/mol. The maximum Gasteiger partial charge on any atom is 0.163 e. The molecule has 3 aromatic rings. The van der Waals surface area contributed by atoms with E-state index in [-0.39, 0.29) is 10.8 Å². The molecule has 0 N–H and O–H groups in total. The Labute approximate surface area is 246 Å². The molecule has 0 radical (unpaired) electrons. The zero-order valence-electron chi connectivity index (χ0n) is 25.9. The number of aryl methyl sites for hydroxylation is 1. The Hall–Kier alpha value is -2.76. The van der Waals surface area contributed by atoms with Crippen molar-refractivity contribution in [1.82, 2.24) is 24.7 Å². The standard InChI is InChI=1S/C35H48N6/c1-23(2)41(24(3)4)30-22-29(39-40(30)5)27-7-6-8-28(21-27)31-36-32(34-15-9-25(10-16-34)11-17-34)38-33(37-31)35-18-12-26(13-19-35)14-20-35/h6-8,21-26H,9-20H2,1-5H3. The summed E-state index contributed by atoms with van der Waals surface area (Å²) in [5, 5.41) is 4.96. The molecule has 218 valence electrons. The number of rotatable bonds is 7. The van der Waals surface area contributed by atoms with Gasteiger partial charge in [0.05, 0.1) is 5.69 Å². The normalized spacial score (nSPS) is 29.0. The van der Waals surface area contributed by atoms with E-state index in [1.807, 2.05) is 4.68 Å². The maximum atomic E-state index is 5.45. The number of anilines is 1. The third kappa shape index (κ3) is 4.70. The Bertz CT molecular complexity index is 1320. The summed E-state index contributed by atoms with van der Waals surface area (Å²) >= 11 is 0. The van der Waals surface area contributed by atoms with Gasteiger partial charge in [-0.25, -0.2) is 15.0 Å². The minimum atomic E-state index is 0.147. The molecule has 0 unspecified atom stereocenters. The highest BCUT2D eigenvalue weighted by Crippen LogP contribution is 2.53.